The van der Waals surface area contributed by atoms with Crippen LogP contribution >= 0.6 is 11.8 Å². The molecule has 0 aliphatic carbocycles. The van der Waals surface area contributed by atoms with Crippen LogP contribution < -0.4 is 19.7 Å². The number of hydrogen-bond donors (Lipinski definition) is 1. The molecule has 2 aromatic carbocycles. The minimum Gasteiger partial charge on any atom is -0.482 e. The number of rotatable bonds is 3. The van der Waals surface area contributed by atoms with Crippen LogP contribution in [0.4, 0.5) is 11.4 Å². The summed E-state index contributed by atoms with van der Waals surface area (Å²) in [6, 6.07) is 13.6. The van der Waals surface area contributed by atoms with Crippen molar-refractivity contribution < 1.29 is 14.3 Å². The first-order chi connectivity index (χ1) is 13.1. The smallest absolute Gasteiger partial charge is 0.269 e. The number of thioether (sulfide) groups is 1. The Kier molecular flexibility index (Phi) is 5.16. The normalized spacial score (nSPS) is 21.6. The Hall–Kier alpha value is -2.34. The van der Waals surface area contributed by atoms with Gasteiger partial charge in [0.05, 0.1) is 0 Å². The summed E-state index contributed by atoms with van der Waals surface area (Å²) < 4.78 is 11.7. The summed E-state index contributed by atoms with van der Waals surface area (Å²) in [5, 5.41) is 3.00. The van der Waals surface area contributed by atoms with Crippen LogP contribution in [0.5, 0.6) is 11.5 Å². The van der Waals surface area contributed by atoms with Crippen LogP contribution in [0, 0.1) is 6.92 Å². The SMILES string of the molecule is Cc1cc(N2CCSCC2)ccc1NC(=O)[C@@H]1Oc2ccccc2O[C@@H]1C. The highest BCUT2D eigenvalue weighted by atomic mass is 32.2. The van der Waals surface area contributed by atoms with E-state index in [-0.39, 0.29) is 12.0 Å². The van der Waals surface area contributed by atoms with E-state index >= 15 is 0 Å². The van der Waals surface area contributed by atoms with Gasteiger partial charge in [0.15, 0.2) is 11.5 Å². The summed E-state index contributed by atoms with van der Waals surface area (Å²) >= 11 is 2.00. The van der Waals surface area contributed by atoms with E-state index in [1.54, 1.807) is 0 Å². The van der Waals surface area contributed by atoms with Crippen molar-refractivity contribution >= 4 is 29.0 Å². The van der Waals surface area contributed by atoms with Crippen molar-refractivity contribution in [1.29, 1.82) is 0 Å². The predicted octanol–water partition coefficient (Wildman–Crippen LogP) is 3.72. The van der Waals surface area contributed by atoms with E-state index in [4.69, 9.17) is 9.47 Å². The van der Waals surface area contributed by atoms with Crippen LogP contribution in [0.15, 0.2) is 42.5 Å². The minimum atomic E-state index is -0.682. The van der Waals surface area contributed by atoms with Gasteiger partial charge in [-0.3, -0.25) is 4.79 Å². The monoisotopic (exact) mass is 384 g/mol. The lowest BCUT2D eigenvalue weighted by molar-refractivity contribution is -0.128. The second-order valence-corrected chi connectivity index (χ2v) is 8.12. The molecule has 0 radical (unpaired) electrons. The average Bonchev–Trinajstić information content (AvgIpc) is 2.69. The number of fused-ring (bicyclic) bond motifs is 1. The van der Waals surface area contributed by atoms with E-state index in [2.05, 4.69) is 22.3 Å². The van der Waals surface area contributed by atoms with Crippen molar-refractivity contribution in [2.45, 2.75) is 26.1 Å². The number of nitrogens with one attached hydrogen (secondary N) is 1. The zero-order chi connectivity index (χ0) is 18.8. The Morgan fingerprint density at radius 3 is 2.52 bits per heavy atom. The van der Waals surface area contributed by atoms with Crippen molar-refractivity contribution in [2.24, 2.45) is 0 Å². The third-order valence-corrected chi connectivity index (χ3v) is 5.89. The van der Waals surface area contributed by atoms with Crippen molar-refractivity contribution in [3.05, 3.63) is 48.0 Å². The molecule has 27 heavy (non-hydrogen) atoms. The molecule has 4 rings (SSSR count). The van der Waals surface area contributed by atoms with Crippen molar-refractivity contribution in [3.63, 3.8) is 0 Å². The maximum atomic E-state index is 12.8. The van der Waals surface area contributed by atoms with Crippen LogP contribution in [0.1, 0.15) is 12.5 Å². The zero-order valence-corrected chi connectivity index (χ0v) is 16.4. The number of benzene rings is 2. The summed E-state index contributed by atoms with van der Waals surface area (Å²) in [6.07, 6.45) is -1.04. The van der Waals surface area contributed by atoms with Gasteiger partial charge in [0, 0.05) is 36.0 Å². The summed E-state index contributed by atoms with van der Waals surface area (Å²) in [5.74, 6) is 3.41. The highest BCUT2D eigenvalue weighted by Gasteiger charge is 2.34. The number of hydrogen-bond acceptors (Lipinski definition) is 5. The first-order valence-electron chi connectivity index (χ1n) is 9.28. The molecule has 2 heterocycles. The van der Waals surface area contributed by atoms with Crippen LogP contribution in [0.25, 0.3) is 0 Å². The number of carbonyl (C=O) groups is 1. The summed E-state index contributed by atoms with van der Waals surface area (Å²) in [4.78, 5) is 15.2. The Bertz CT molecular complexity index is 836. The van der Waals surface area contributed by atoms with Gasteiger partial charge in [0.2, 0.25) is 6.10 Å². The standard InChI is InChI=1S/C21H24N2O3S/c1-14-13-16(23-9-11-27-12-10-23)7-8-17(14)22-21(24)20-15(2)25-18-5-3-4-6-19(18)26-20/h3-8,13,15,20H,9-12H2,1-2H3,(H,22,24)/t15-,20-/m1/s1. The lowest BCUT2D eigenvalue weighted by Gasteiger charge is -2.31. The Labute approximate surface area is 164 Å². The largest absolute Gasteiger partial charge is 0.482 e. The van der Waals surface area contributed by atoms with E-state index in [1.165, 1.54) is 5.69 Å². The number of nitrogens with zero attached hydrogens (tertiary/aromatic N) is 1. The molecule has 0 aromatic heterocycles. The molecule has 1 saturated heterocycles. The van der Waals surface area contributed by atoms with Crippen LogP contribution in [-0.4, -0.2) is 42.7 Å². The fraction of sp³-hybridized carbons (Fsp3) is 0.381. The highest BCUT2D eigenvalue weighted by Crippen LogP contribution is 2.34. The zero-order valence-electron chi connectivity index (χ0n) is 15.6. The number of para-hydroxylation sites is 2. The summed E-state index contributed by atoms with van der Waals surface area (Å²) in [5.41, 5.74) is 3.07. The maximum absolute atomic E-state index is 12.8. The molecule has 142 valence electrons. The molecular weight excluding hydrogens is 360 g/mol. The molecule has 0 unspecified atom stereocenters. The molecule has 1 N–H and O–H groups in total. The Morgan fingerprint density at radius 1 is 1.11 bits per heavy atom. The molecule has 0 saturated carbocycles. The molecule has 6 heteroatoms. The third-order valence-electron chi connectivity index (χ3n) is 4.94. The number of aryl methyl sites for hydroxylation is 1. The Morgan fingerprint density at radius 2 is 1.81 bits per heavy atom. The molecule has 0 bridgehead atoms. The van der Waals surface area contributed by atoms with E-state index in [1.807, 2.05) is 55.9 Å². The van der Waals surface area contributed by atoms with E-state index in [9.17, 15) is 4.79 Å². The lowest BCUT2D eigenvalue weighted by Crippen LogP contribution is -2.46. The van der Waals surface area contributed by atoms with Crippen molar-refractivity contribution in [3.8, 4) is 11.5 Å². The molecule has 2 aliphatic rings. The fourth-order valence-corrected chi connectivity index (χ4v) is 4.32. The molecule has 2 aliphatic heterocycles. The van der Waals surface area contributed by atoms with Gasteiger partial charge in [0.1, 0.15) is 6.10 Å². The van der Waals surface area contributed by atoms with Crippen LogP contribution in [0.2, 0.25) is 0 Å². The topological polar surface area (TPSA) is 50.8 Å². The van der Waals surface area contributed by atoms with Crippen molar-refractivity contribution in [1.82, 2.24) is 0 Å². The first kappa shape index (κ1) is 18.0. The molecule has 0 spiro atoms. The summed E-state index contributed by atoms with van der Waals surface area (Å²) in [6.45, 7) is 6.01. The molecule has 5 nitrogen and oxygen atoms in total. The first-order valence-corrected chi connectivity index (χ1v) is 10.4. The Balaban J connectivity index is 1.46. The van der Waals surface area contributed by atoms with Crippen molar-refractivity contribution in [2.75, 3.05) is 34.8 Å². The maximum Gasteiger partial charge on any atom is 0.269 e. The van der Waals surface area contributed by atoms with Gasteiger partial charge in [-0.1, -0.05) is 12.1 Å². The number of amides is 1. The van der Waals surface area contributed by atoms with Gasteiger partial charge in [0.25, 0.3) is 5.91 Å². The number of ether oxygens (including phenoxy) is 2. The van der Waals surface area contributed by atoms with E-state index in [0.29, 0.717) is 11.5 Å². The van der Waals surface area contributed by atoms with E-state index < -0.39 is 6.10 Å². The van der Waals surface area contributed by atoms with Gasteiger partial charge < -0.3 is 19.7 Å². The summed E-state index contributed by atoms with van der Waals surface area (Å²) in [7, 11) is 0. The number of carbonyl (C=O) groups excluding carboxylic acids is 1. The average molecular weight is 385 g/mol. The van der Waals surface area contributed by atoms with E-state index in [0.717, 1.165) is 35.8 Å². The molecule has 1 amide bonds. The molecular formula is C21H24N2O3S. The van der Waals surface area contributed by atoms with Crippen LogP contribution in [-0.2, 0) is 4.79 Å². The molecule has 2 aromatic rings. The van der Waals surface area contributed by atoms with Gasteiger partial charge >= 0.3 is 0 Å². The number of anilines is 2. The highest BCUT2D eigenvalue weighted by molar-refractivity contribution is 7.99. The minimum absolute atomic E-state index is 0.192. The van der Waals surface area contributed by atoms with Crippen LogP contribution in [0.3, 0.4) is 0 Å². The van der Waals surface area contributed by atoms with Gasteiger partial charge in [-0.15, -0.1) is 0 Å². The van der Waals surface area contributed by atoms with Gasteiger partial charge in [-0.05, 0) is 49.7 Å². The molecule has 1 fully saturated rings. The fourth-order valence-electron chi connectivity index (χ4n) is 3.42. The predicted molar refractivity (Wildman–Crippen MR) is 110 cm³/mol. The van der Waals surface area contributed by atoms with Gasteiger partial charge in [-0.2, -0.15) is 11.8 Å². The second kappa shape index (κ2) is 7.72. The second-order valence-electron chi connectivity index (χ2n) is 6.90. The quantitative estimate of drug-likeness (QED) is 0.874. The lowest BCUT2D eigenvalue weighted by atomic mass is 10.1. The molecule has 2 atom stereocenters. The van der Waals surface area contributed by atoms with Gasteiger partial charge in [-0.25, -0.2) is 0 Å². The third kappa shape index (κ3) is 3.86.